The van der Waals surface area contributed by atoms with Gasteiger partial charge in [0.15, 0.2) is 5.69 Å². The molecule has 0 bridgehead atoms. The Morgan fingerprint density at radius 3 is 2.42 bits per heavy atom. The maximum absolute atomic E-state index is 13.5. The van der Waals surface area contributed by atoms with Crippen molar-refractivity contribution in [3.63, 3.8) is 0 Å². The number of ether oxygens (including phenoxy) is 2. The van der Waals surface area contributed by atoms with E-state index in [1.54, 1.807) is 19.1 Å². The van der Waals surface area contributed by atoms with E-state index >= 15 is 0 Å². The van der Waals surface area contributed by atoms with Gasteiger partial charge >= 0.3 is 12.1 Å². The number of benzene rings is 2. The molecule has 3 N–H and O–H groups in total. The number of nitrogens with zero attached hydrogens (tertiary/aromatic N) is 2. The van der Waals surface area contributed by atoms with E-state index in [4.69, 9.17) is 15.2 Å². The third-order valence-corrected chi connectivity index (χ3v) is 5.36. The first kappa shape index (κ1) is 26.5. The maximum Gasteiger partial charge on any atom is 0.397 e. The maximum atomic E-state index is 13.5. The smallest absolute Gasteiger partial charge is 0.397 e. The number of amides is 1. The Labute approximate surface area is 204 Å². The van der Waals surface area contributed by atoms with Crippen molar-refractivity contribution in [1.82, 2.24) is 15.1 Å². The van der Waals surface area contributed by atoms with Gasteiger partial charge in [-0.3, -0.25) is 4.79 Å². The summed E-state index contributed by atoms with van der Waals surface area (Å²) in [6.07, 6.45) is -4.62. The SMILES string of the molecule is CCOC(=O)c1c(N)c(C(C)C(F)(F)F)nn1-c1ccc(CNC(=O)c2cc(F)ccc2OC)cc1. The zero-order chi connectivity index (χ0) is 26.6. The van der Waals surface area contributed by atoms with Gasteiger partial charge in [-0.25, -0.2) is 13.9 Å². The van der Waals surface area contributed by atoms with Gasteiger partial charge in [-0.15, -0.1) is 0 Å². The zero-order valence-electron chi connectivity index (χ0n) is 19.6. The topological polar surface area (TPSA) is 108 Å². The summed E-state index contributed by atoms with van der Waals surface area (Å²) in [4.78, 5) is 24.9. The van der Waals surface area contributed by atoms with Gasteiger partial charge < -0.3 is 20.5 Å². The highest BCUT2D eigenvalue weighted by atomic mass is 19.4. The number of rotatable bonds is 8. The van der Waals surface area contributed by atoms with Gasteiger partial charge in [0.25, 0.3) is 5.91 Å². The molecular formula is C24H24F4N4O4. The van der Waals surface area contributed by atoms with Crippen LogP contribution >= 0.6 is 0 Å². The molecule has 0 aliphatic rings. The lowest BCUT2D eigenvalue weighted by atomic mass is 10.1. The Hall–Kier alpha value is -4.09. The number of hydrogen-bond acceptors (Lipinski definition) is 6. The number of carbonyl (C=O) groups is 2. The number of halogens is 4. The molecule has 36 heavy (non-hydrogen) atoms. The van der Waals surface area contributed by atoms with Crippen LogP contribution in [0.4, 0.5) is 23.2 Å². The molecule has 1 atom stereocenters. The second kappa shape index (κ2) is 10.7. The van der Waals surface area contributed by atoms with Gasteiger partial charge in [-0.1, -0.05) is 12.1 Å². The van der Waals surface area contributed by atoms with E-state index in [9.17, 15) is 27.2 Å². The highest BCUT2D eigenvalue weighted by Gasteiger charge is 2.41. The first-order chi connectivity index (χ1) is 17.0. The lowest BCUT2D eigenvalue weighted by Crippen LogP contribution is -2.23. The Balaban J connectivity index is 1.86. The lowest BCUT2D eigenvalue weighted by molar-refractivity contribution is -0.147. The van der Waals surface area contributed by atoms with Crippen LogP contribution in [-0.4, -0.2) is 41.5 Å². The summed E-state index contributed by atoms with van der Waals surface area (Å²) in [5, 5.41) is 6.61. The molecule has 0 saturated heterocycles. The summed E-state index contributed by atoms with van der Waals surface area (Å²) in [6.45, 7) is 2.50. The number of carbonyl (C=O) groups excluding carboxylic acids is 2. The molecular weight excluding hydrogens is 484 g/mol. The van der Waals surface area contributed by atoms with Crippen molar-refractivity contribution in [1.29, 1.82) is 0 Å². The summed E-state index contributed by atoms with van der Waals surface area (Å²) in [5.41, 5.74) is 5.56. The molecule has 192 valence electrons. The van der Waals surface area contributed by atoms with Crippen molar-refractivity contribution in [2.75, 3.05) is 19.5 Å². The van der Waals surface area contributed by atoms with Gasteiger partial charge in [0.2, 0.25) is 0 Å². The lowest BCUT2D eigenvalue weighted by Gasteiger charge is -2.13. The number of esters is 1. The molecule has 8 nitrogen and oxygen atoms in total. The minimum Gasteiger partial charge on any atom is -0.496 e. The molecule has 0 fully saturated rings. The molecule has 1 heterocycles. The van der Waals surface area contributed by atoms with Crippen molar-refractivity contribution in [2.24, 2.45) is 0 Å². The molecule has 3 aromatic rings. The van der Waals surface area contributed by atoms with Crippen LogP contribution in [-0.2, 0) is 11.3 Å². The Kier molecular flexibility index (Phi) is 7.86. The Morgan fingerprint density at radius 1 is 1.17 bits per heavy atom. The van der Waals surface area contributed by atoms with Gasteiger partial charge in [0.05, 0.1) is 42.3 Å². The van der Waals surface area contributed by atoms with E-state index in [1.165, 1.54) is 31.4 Å². The van der Waals surface area contributed by atoms with E-state index < -0.39 is 41.2 Å². The van der Waals surface area contributed by atoms with Crippen molar-refractivity contribution in [3.05, 3.63) is 70.8 Å². The number of methoxy groups -OCH3 is 1. The second-order valence-corrected chi connectivity index (χ2v) is 7.74. The van der Waals surface area contributed by atoms with Crippen LogP contribution in [0.15, 0.2) is 42.5 Å². The largest absolute Gasteiger partial charge is 0.496 e. The average molecular weight is 508 g/mol. The van der Waals surface area contributed by atoms with E-state index in [-0.39, 0.29) is 35.8 Å². The molecule has 1 aromatic heterocycles. The molecule has 0 saturated carbocycles. The Bertz CT molecular complexity index is 1260. The molecule has 0 radical (unpaired) electrons. The predicted molar refractivity (Wildman–Crippen MR) is 123 cm³/mol. The molecule has 2 aromatic carbocycles. The number of nitrogens with two attached hydrogens (primary N) is 1. The minimum absolute atomic E-state index is 0.0116. The van der Waals surface area contributed by atoms with Gasteiger partial charge in [-0.05, 0) is 49.7 Å². The van der Waals surface area contributed by atoms with E-state index in [1.807, 2.05) is 0 Å². The standard InChI is InChI=1S/C24H24F4N4O4/c1-4-36-23(34)21-19(29)20(13(2)24(26,27)28)31-32(21)16-8-5-14(6-9-16)12-30-22(33)17-11-15(25)7-10-18(17)35-3/h5-11,13H,4,12,29H2,1-3H3,(H,30,33). The van der Waals surface area contributed by atoms with Gasteiger partial charge in [-0.2, -0.15) is 18.3 Å². The number of anilines is 1. The number of aromatic nitrogens is 2. The van der Waals surface area contributed by atoms with Crippen LogP contribution in [0.1, 0.15) is 51.9 Å². The molecule has 0 aliphatic heterocycles. The first-order valence-corrected chi connectivity index (χ1v) is 10.8. The van der Waals surface area contributed by atoms with Crippen molar-refractivity contribution < 1.29 is 36.6 Å². The molecule has 1 amide bonds. The summed E-state index contributed by atoms with van der Waals surface area (Å²) >= 11 is 0. The molecule has 0 spiro atoms. The van der Waals surface area contributed by atoms with Crippen molar-refractivity contribution in [3.8, 4) is 11.4 Å². The fourth-order valence-electron chi connectivity index (χ4n) is 3.39. The predicted octanol–water partition coefficient (Wildman–Crippen LogP) is 4.37. The summed E-state index contributed by atoms with van der Waals surface area (Å²) in [5.74, 6) is -3.88. The van der Waals surface area contributed by atoms with E-state index in [2.05, 4.69) is 10.4 Å². The minimum atomic E-state index is -4.62. The molecule has 1 unspecified atom stereocenters. The van der Waals surface area contributed by atoms with Crippen LogP contribution in [0.25, 0.3) is 5.69 Å². The van der Waals surface area contributed by atoms with E-state index in [0.717, 1.165) is 17.7 Å². The summed E-state index contributed by atoms with van der Waals surface area (Å²) < 4.78 is 64.6. The molecule has 12 heteroatoms. The second-order valence-electron chi connectivity index (χ2n) is 7.74. The molecule has 3 rings (SSSR count). The summed E-state index contributed by atoms with van der Waals surface area (Å²) in [7, 11) is 1.36. The fraction of sp³-hybridized carbons (Fsp3) is 0.292. The number of hydrogen-bond donors (Lipinski definition) is 2. The quantitative estimate of drug-likeness (QED) is 0.346. The highest BCUT2D eigenvalue weighted by molar-refractivity contribution is 5.97. The van der Waals surface area contributed by atoms with Crippen LogP contribution < -0.4 is 15.8 Å². The third kappa shape index (κ3) is 5.58. The summed E-state index contributed by atoms with van der Waals surface area (Å²) in [6, 6.07) is 9.72. The average Bonchev–Trinajstić information content (AvgIpc) is 3.18. The zero-order valence-corrected chi connectivity index (χ0v) is 19.6. The van der Waals surface area contributed by atoms with Crippen LogP contribution in [0.5, 0.6) is 5.75 Å². The third-order valence-electron chi connectivity index (χ3n) is 5.36. The molecule has 0 aliphatic carbocycles. The number of nitrogen functional groups attached to an aromatic ring is 1. The van der Waals surface area contributed by atoms with Gasteiger partial charge in [0, 0.05) is 6.54 Å². The Morgan fingerprint density at radius 2 is 1.83 bits per heavy atom. The number of alkyl halides is 3. The highest BCUT2D eigenvalue weighted by Crippen LogP contribution is 2.38. The fourth-order valence-corrected chi connectivity index (χ4v) is 3.39. The van der Waals surface area contributed by atoms with Crippen LogP contribution in [0.2, 0.25) is 0 Å². The first-order valence-electron chi connectivity index (χ1n) is 10.8. The van der Waals surface area contributed by atoms with Crippen molar-refractivity contribution >= 4 is 17.6 Å². The van der Waals surface area contributed by atoms with Crippen molar-refractivity contribution in [2.45, 2.75) is 32.5 Å². The van der Waals surface area contributed by atoms with Crippen LogP contribution in [0.3, 0.4) is 0 Å². The van der Waals surface area contributed by atoms with Gasteiger partial charge in [0.1, 0.15) is 11.6 Å². The number of nitrogens with one attached hydrogen (secondary N) is 1. The monoisotopic (exact) mass is 508 g/mol. The normalized spacial score (nSPS) is 12.2. The van der Waals surface area contributed by atoms with Crippen LogP contribution in [0, 0.1) is 5.82 Å². The van der Waals surface area contributed by atoms with E-state index in [0.29, 0.717) is 5.56 Å².